The van der Waals surface area contributed by atoms with Gasteiger partial charge in [0.05, 0.1) is 11.9 Å². The van der Waals surface area contributed by atoms with Crippen molar-refractivity contribution in [1.29, 1.82) is 0 Å². The molecule has 5 heteroatoms. The molecule has 0 heterocycles. The summed E-state index contributed by atoms with van der Waals surface area (Å²) in [4.78, 5) is 0. The smallest absolute Gasteiger partial charge is 0.213 e. The Kier molecular flexibility index (Phi) is 4.74. The molecule has 1 atom stereocenters. The summed E-state index contributed by atoms with van der Waals surface area (Å²) in [6.45, 7) is 3.63. The van der Waals surface area contributed by atoms with Crippen molar-refractivity contribution in [3.63, 3.8) is 0 Å². The highest BCUT2D eigenvalue weighted by Gasteiger charge is 2.14. The Morgan fingerprint density at radius 1 is 1.50 bits per heavy atom. The molecule has 0 fully saturated rings. The highest BCUT2D eigenvalue weighted by Crippen LogP contribution is 2.00. The lowest BCUT2D eigenvalue weighted by Crippen LogP contribution is -2.30. The van der Waals surface area contributed by atoms with Crippen molar-refractivity contribution in [2.75, 3.05) is 19.3 Å². The largest absolute Gasteiger partial charge is 0.393 e. The van der Waals surface area contributed by atoms with Crippen molar-refractivity contribution in [2.24, 2.45) is 0 Å². The summed E-state index contributed by atoms with van der Waals surface area (Å²) in [6, 6.07) is 0. The van der Waals surface area contributed by atoms with E-state index in [0.29, 0.717) is 13.0 Å². The first-order valence-corrected chi connectivity index (χ1v) is 5.63. The normalized spacial score (nSPS) is 15.1. The first kappa shape index (κ1) is 11.9. The Labute approximate surface area is 74.2 Å². The van der Waals surface area contributed by atoms with Crippen LogP contribution in [0.3, 0.4) is 0 Å². The number of aliphatic hydroxyl groups is 1. The molecule has 0 saturated carbocycles. The van der Waals surface area contributed by atoms with Crippen LogP contribution in [0.1, 0.15) is 20.3 Å². The molecule has 74 valence electrons. The molecule has 0 rings (SSSR count). The van der Waals surface area contributed by atoms with Gasteiger partial charge in [0.2, 0.25) is 10.0 Å². The molecule has 0 bridgehead atoms. The van der Waals surface area contributed by atoms with Crippen LogP contribution in [0.2, 0.25) is 0 Å². The van der Waals surface area contributed by atoms with Crippen LogP contribution in [-0.2, 0) is 10.0 Å². The Bertz CT molecular complexity index is 211. The maximum Gasteiger partial charge on any atom is 0.213 e. The summed E-state index contributed by atoms with van der Waals surface area (Å²) in [5, 5.41) is 8.92. The summed E-state index contributed by atoms with van der Waals surface area (Å²) >= 11 is 0. The van der Waals surface area contributed by atoms with Crippen LogP contribution in [0.15, 0.2) is 0 Å². The molecule has 0 aliphatic rings. The lowest BCUT2D eigenvalue weighted by atomic mass is 10.3. The standard InChI is InChI=1S/C7H17NO3S/c1-4-12(10,11)8(3)6-5-7(2)9/h7,9H,4-6H2,1-3H3. The summed E-state index contributed by atoms with van der Waals surface area (Å²) in [5.41, 5.74) is 0. The predicted octanol–water partition coefficient (Wildman–Crippen LogP) is 0.0388. The van der Waals surface area contributed by atoms with E-state index in [1.807, 2.05) is 0 Å². The third-order valence-electron chi connectivity index (χ3n) is 1.70. The Hall–Kier alpha value is -0.130. The van der Waals surface area contributed by atoms with E-state index in [2.05, 4.69) is 0 Å². The zero-order valence-corrected chi connectivity index (χ0v) is 8.63. The van der Waals surface area contributed by atoms with Crippen LogP contribution in [-0.4, -0.2) is 43.3 Å². The SMILES string of the molecule is CCS(=O)(=O)N(C)CCC(C)O. The lowest BCUT2D eigenvalue weighted by molar-refractivity contribution is 0.177. The van der Waals surface area contributed by atoms with Gasteiger partial charge in [0, 0.05) is 13.6 Å². The Morgan fingerprint density at radius 2 is 2.00 bits per heavy atom. The van der Waals surface area contributed by atoms with Gasteiger partial charge in [0.1, 0.15) is 0 Å². The number of aliphatic hydroxyl groups excluding tert-OH is 1. The Morgan fingerprint density at radius 3 is 2.33 bits per heavy atom. The summed E-state index contributed by atoms with van der Waals surface area (Å²) in [7, 11) is -1.54. The van der Waals surface area contributed by atoms with E-state index >= 15 is 0 Å². The average Bonchev–Trinajstić information content (AvgIpc) is 2.00. The summed E-state index contributed by atoms with van der Waals surface area (Å²) in [5.74, 6) is 0.114. The van der Waals surface area contributed by atoms with Gasteiger partial charge in [0.25, 0.3) is 0 Å². The van der Waals surface area contributed by atoms with Gasteiger partial charge in [0.15, 0.2) is 0 Å². The van der Waals surface area contributed by atoms with Crippen LogP contribution in [0, 0.1) is 0 Å². The maximum atomic E-state index is 11.2. The van der Waals surface area contributed by atoms with Crippen LogP contribution in [0.4, 0.5) is 0 Å². The van der Waals surface area contributed by atoms with E-state index < -0.39 is 16.1 Å². The molecule has 4 nitrogen and oxygen atoms in total. The van der Waals surface area contributed by atoms with Crippen molar-refractivity contribution < 1.29 is 13.5 Å². The fraction of sp³-hybridized carbons (Fsp3) is 1.00. The molecule has 0 spiro atoms. The fourth-order valence-corrected chi connectivity index (χ4v) is 1.55. The number of nitrogens with zero attached hydrogens (tertiary/aromatic N) is 1. The van der Waals surface area contributed by atoms with E-state index in [0.717, 1.165) is 0 Å². The summed E-state index contributed by atoms with van der Waals surface area (Å²) < 4.78 is 23.6. The molecule has 0 aromatic rings. The Balaban J connectivity index is 3.96. The number of sulfonamides is 1. The van der Waals surface area contributed by atoms with Crippen molar-refractivity contribution in [3.05, 3.63) is 0 Å². The molecule has 0 aliphatic carbocycles. The second kappa shape index (κ2) is 4.79. The van der Waals surface area contributed by atoms with Gasteiger partial charge in [-0.25, -0.2) is 12.7 Å². The van der Waals surface area contributed by atoms with E-state index in [1.54, 1.807) is 13.8 Å². The van der Waals surface area contributed by atoms with Crippen molar-refractivity contribution in [3.8, 4) is 0 Å². The molecule has 1 unspecified atom stereocenters. The number of hydrogen-bond donors (Lipinski definition) is 1. The topological polar surface area (TPSA) is 57.6 Å². The van der Waals surface area contributed by atoms with Crippen LogP contribution < -0.4 is 0 Å². The minimum absolute atomic E-state index is 0.114. The molecule has 1 N–H and O–H groups in total. The highest BCUT2D eigenvalue weighted by molar-refractivity contribution is 7.89. The molecular weight excluding hydrogens is 178 g/mol. The molecule has 0 aromatic heterocycles. The van der Waals surface area contributed by atoms with Crippen molar-refractivity contribution in [1.82, 2.24) is 4.31 Å². The average molecular weight is 195 g/mol. The maximum absolute atomic E-state index is 11.2. The van der Waals surface area contributed by atoms with Gasteiger partial charge in [-0.05, 0) is 20.3 Å². The quantitative estimate of drug-likeness (QED) is 0.674. The molecule has 0 aliphatic heterocycles. The van der Waals surface area contributed by atoms with Gasteiger partial charge in [-0.2, -0.15) is 0 Å². The van der Waals surface area contributed by atoms with E-state index in [4.69, 9.17) is 5.11 Å². The third-order valence-corrected chi connectivity index (χ3v) is 3.56. The van der Waals surface area contributed by atoms with Gasteiger partial charge in [-0.1, -0.05) is 0 Å². The summed E-state index contributed by atoms with van der Waals surface area (Å²) in [6.07, 6.45) is 0.0370. The molecule has 0 saturated heterocycles. The fourth-order valence-electron chi connectivity index (χ4n) is 0.728. The molecule has 12 heavy (non-hydrogen) atoms. The zero-order valence-electron chi connectivity index (χ0n) is 7.82. The van der Waals surface area contributed by atoms with Crippen molar-refractivity contribution >= 4 is 10.0 Å². The van der Waals surface area contributed by atoms with E-state index in [1.165, 1.54) is 11.4 Å². The third kappa shape index (κ3) is 4.04. The highest BCUT2D eigenvalue weighted by atomic mass is 32.2. The molecular formula is C7H17NO3S. The number of hydrogen-bond acceptors (Lipinski definition) is 3. The second-order valence-electron chi connectivity index (χ2n) is 2.86. The van der Waals surface area contributed by atoms with E-state index in [9.17, 15) is 8.42 Å². The molecule has 0 amide bonds. The number of rotatable bonds is 5. The van der Waals surface area contributed by atoms with E-state index in [-0.39, 0.29) is 5.75 Å². The van der Waals surface area contributed by atoms with Crippen molar-refractivity contribution in [2.45, 2.75) is 26.4 Å². The van der Waals surface area contributed by atoms with Gasteiger partial charge in [-0.15, -0.1) is 0 Å². The predicted molar refractivity (Wildman–Crippen MR) is 48.4 cm³/mol. The van der Waals surface area contributed by atoms with Gasteiger partial charge in [-0.3, -0.25) is 0 Å². The van der Waals surface area contributed by atoms with Crippen LogP contribution >= 0.6 is 0 Å². The second-order valence-corrected chi connectivity index (χ2v) is 5.22. The molecule has 0 radical (unpaired) electrons. The zero-order chi connectivity index (χ0) is 9.78. The van der Waals surface area contributed by atoms with Gasteiger partial charge < -0.3 is 5.11 Å². The first-order chi connectivity index (χ1) is 5.40. The van der Waals surface area contributed by atoms with Crippen LogP contribution in [0.25, 0.3) is 0 Å². The lowest BCUT2D eigenvalue weighted by Gasteiger charge is -2.16. The first-order valence-electron chi connectivity index (χ1n) is 4.02. The minimum Gasteiger partial charge on any atom is -0.393 e. The van der Waals surface area contributed by atoms with Crippen LogP contribution in [0.5, 0.6) is 0 Å². The molecule has 0 aromatic carbocycles. The minimum atomic E-state index is -3.07. The van der Waals surface area contributed by atoms with Gasteiger partial charge >= 0.3 is 0 Å². The monoisotopic (exact) mass is 195 g/mol.